The summed E-state index contributed by atoms with van der Waals surface area (Å²) >= 11 is 16.3. The fraction of sp³-hybridized carbons (Fsp3) is 0.250. The van der Waals surface area contributed by atoms with Gasteiger partial charge in [0, 0.05) is 7.05 Å². The summed E-state index contributed by atoms with van der Waals surface area (Å²) in [7, 11) is 1.19. The molecule has 2 N–H and O–H groups in total. The maximum Gasteiger partial charge on any atom is 0.422 e. The van der Waals surface area contributed by atoms with Crippen molar-refractivity contribution < 1.29 is 26.3 Å². The molecular weight excluding hydrogens is 403 g/mol. The summed E-state index contributed by atoms with van der Waals surface area (Å²) < 4.78 is 77.6. The Bertz CT molecular complexity index is 814. The number of anilines is 1. The predicted molar refractivity (Wildman–Crippen MR) is 80.5 cm³/mol. The first kappa shape index (κ1) is 18.9. The summed E-state index contributed by atoms with van der Waals surface area (Å²) in [6.07, 6.45) is -9.50. The molecule has 0 atom stereocenters. The third-order valence-electron chi connectivity index (χ3n) is 2.99. The van der Waals surface area contributed by atoms with Crippen molar-refractivity contribution in [2.24, 2.45) is 0 Å². The molecule has 2 aromatic rings. The lowest BCUT2D eigenvalue weighted by Crippen LogP contribution is -2.11. The molecule has 0 aliphatic heterocycles. The standard InChI is InChI=1S/C12H7Cl2F6N3S/c1-21-9-7(12(18,19)20)10(24)22-23(9)8-5(13)2-4(3-6(8)14)11(15,16)17/h2-3,21H,1H3,(H,22,24). The average molecular weight is 410 g/mol. The van der Waals surface area contributed by atoms with E-state index in [2.05, 4.69) is 22.6 Å². The van der Waals surface area contributed by atoms with Gasteiger partial charge in [0.05, 0.1) is 15.6 Å². The van der Waals surface area contributed by atoms with Crippen LogP contribution in [0.25, 0.3) is 5.69 Å². The van der Waals surface area contributed by atoms with Crippen LogP contribution in [0, 0.1) is 4.64 Å². The molecule has 1 aromatic heterocycles. The second-order valence-corrected chi connectivity index (χ2v) is 5.76. The van der Waals surface area contributed by atoms with Gasteiger partial charge in [-0.15, -0.1) is 0 Å². The van der Waals surface area contributed by atoms with Gasteiger partial charge >= 0.3 is 12.4 Å². The first-order valence-corrected chi connectivity index (χ1v) is 7.21. The monoisotopic (exact) mass is 409 g/mol. The molecule has 0 unspecified atom stereocenters. The molecule has 0 saturated carbocycles. The Morgan fingerprint density at radius 2 is 1.54 bits per heavy atom. The van der Waals surface area contributed by atoms with Crippen molar-refractivity contribution >= 4 is 41.2 Å². The van der Waals surface area contributed by atoms with Crippen LogP contribution in [0.3, 0.4) is 0 Å². The number of nitrogens with one attached hydrogen (secondary N) is 2. The molecule has 0 spiro atoms. The number of rotatable bonds is 2. The minimum absolute atomic E-state index is 0.294. The molecule has 2 rings (SSSR count). The largest absolute Gasteiger partial charge is 0.422 e. The highest BCUT2D eigenvalue weighted by atomic mass is 35.5. The van der Waals surface area contributed by atoms with Crippen LogP contribution >= 0.6 is 35.4 Å². The zero-order chi connectivity index (χ0) is 18.4. The summed E-state index contributed by atoms with van der Waals surface area (Å²) in [5.41, 5.74) is -2.61. The van der Waals surface area contributed by atoms with E-state index in [1.807, 2.05) is 0 Å². The lowest BCUT2D eigenvalue weighted by molar-refractivity contribution is -0.138. The van der Waals surface area contributed by atoms with E-state index in [1.165, 1.54) is 7.05 Å². The molecule has 12 heteroatoms. The maximum absolute atomic E-state index is 13.1. The van der Waals surface area contributed by atoms with E-state index in [0.29, 0.717) is 12.1 Å². The van der Waals surface area contributed by atoms with Gasteiger partial charge in [-0.05, 0) is 12.1 Å². The van der Waals surface area contributed by atoms with Crippen LogP contribution in [0.15, 0.2) is 12.1 Å². The van der Waals surface area contributed by atoms with E-state index in [4.69, 9.17) is 23.2 Å². The van der Waals surface area contributed by atoms with Gasteiger partial charge in [0.2, 0.25) is 0 Å². The number of hydrogen-bond donors (Lipinski definition) is 2. The van der Waals surface area contributed by atoms with E-state index in [0.717, 1.165) is 4.68 Å². The number of H-pyrrole nitrogens is 1. The van der Waals surface area contributed by atoms with Crippen LogP contribution in [0.1, 0.15) is 11.1 Å². The summed E-state index contributed by atoms with van der Waals surface area (Å²) in [4.78, 5) is 0. The molecule has 0 amide bonds. The van der Waals surface area contributed by atoms with Crippen molar-refractivity contribution in [2.75, 3.05) is 12.4 Å². The first-order valence-electron chi connectivity index (χ1n) is 6.04. The Hall–Kier alpha value is -1.39. The highest BCUT2D eigenvalue weighted by Crippen LogP contribution is 2.41. The summed E-state index contributed by atoms with van der Waals surface area (Å²) in [6, 6.07) is 1.12. The van der Waals surface area contributed by atoms with E-state index >= 15 is 0 Å². The summed E-state index contributed by atoms with van der Waals surface area (Å²) in [5.74, 6) is -0.531. The third-order valence-corrected chi connectivity index (χ3v) is 3.86. The van der Waals surface area contributed by atoms with Gasteiger partial charge in [0.15, 0.2) is 0 Å². The Balaban J connectivity index is 2.77. The van der Waals surface area contributed by atoms with Gasteiger partial charge in [-0.3, -0.25) is 5.10 Å². The lowest BCUT2D eigenvalue weighted by Gasteiger charge is -2.16. The molecular formula is C12H7Cl2F6N3S. The lowest BCUT2D eigenvalue weighted by atomic mass is 10.2. The smallest absolute Gasteiger partial charge is 0.373 e. The molecule has 3 nitrogen and oxygen atoms in total. The zero-order valence-electron chi connectivity index (χ0n) is 11.5. The molecule has 0 aliphatic carbocycles. The number of alkyl halides is 6. The second-order valence-electron chi connectivity index (χ2n) is 4.53. The second kappa shape index (κ2) is 6.16. The van der Waals surface area contributed by atoms with Crippen molar-refractivity contribution in [3.63, 3.8) is 0 Å². The molecule has 24 heavy (non-hydrogen) atoms. The fourth-order valence-corrected chi connectivity index (χ4v) is 3.00. The van der Waals surface area contributed by atoms with Gasteiger partial charge in [-0.2, -0.15) is 26.3 Å². The third kappa shape index (κ3) is 3.35. The number of aromatic nitrogens is 2. The Kier molecular flexibility index (Phi) is 4.86. The van der Waals surface area contributed by atoms with Gasteiger partial charge in [-0.1, -0.05) is 35.4 Å². The fourth-order valence-electron chi connectivity index (χ4n) is 2.04. The van der Waals surface area contributed by atoms with Crippen LogP contribution in [0.2, 0.25) is 10.0 Å². The normalized spacial score (nSPS) is 12.5. The van der Waals surface area contributed by atoms with Crippen molar-refractivity contribution in [2.45, 2.75) is 12.4 Å². The first-order chi connectivity index (χ1) is 10.9. The molecule has 1 heterocycles. The van der Waals surface area contributed by atoms with Crippen LogP contribution in [-0.4, -0.2) is 16.8 Å². The van der Waals surface area contributed by atoms with Crippen molar-refractivity contribution in [3.05, 3.63) is 37.9 Å². The van der Waals surface area contributed by atoms with E-state index < -0.39 is 44.0 Å². The van der Waals surface area contributed by atoms with Gasteiger partial charge in [-0.25, -0.2) is 4.68 Å². The van der Waals surface area contributed by atoms with Gasteiger partial charge in [0.25, 0.3) is 0 Å². The molecule has 0 radical (unpaired) electrons. The van der Waals surface area contributed by atoms with Crippen molar-refractivity contribution in [1.82, 2.24) is 9.78 Å². The number of benzene rings is 1. The highest BCUT2D eigenvalue weighted by molar-refractivity contribution is 7.71. The van der Waals surface area contributed by atoms with Crippen molar-refractivity contribution in [1.29, 1.82) is 0 Å². The molecule has 0 saturated heterocycles. The van der Waals surface area contributed by atoms with E-state index in [9.17, 15) is 26.3 Å². The van der Waals surface area contributed by atoms with E-state index in [-0.39, 0.29) is 5.69 Å². The van der Waals surface area contributed by atoms with Crippen LogP contribution < -0.4 is 5.32 Å². The minimum Gasteiger partial charge on any atom is -0.373 e. The van der Waals surface area contributed by atoms with Crippen LogP contribution in [0.4, 0.5) is 32.2 Å². The maximum atomic E-state index is 13.1. The number of nitrogens with zero attached hydrogens (tertiary/aromatic N) is 1. The molecule has 1 aromatic carbocycles. The summed E-state index contributed by atoms with van der Waals surface area (Å²) in [5, 5.41) is 3.52. The Labute approximate surface area is 146 Å². The number of aromatic amines is 1. The number of halogens is 8. The SMILES string of the molecule is CNc1c(C(F)(F)F)c(=S)[nH]n1-c1c(Cl)cc(C(F)(F)F)cc1Cl. The number of hydrogen-bond acceptors (Lipinski definition) is 2. The Morgan fingerprint density at radius 1 is 1.04 bits per heavy atom. The Morgan fingerprint density at radius 3 is 1.92 bits per heavy atom. The van der Waals surface area contributed by atoms with Crippen molar-refractivity contribution in [3.8, 4) is 5.69 Å². The quantitative estimate of drug-likeness (QED) is 0.476. The van der Waals surface area contributed by atoms with Crippen LogP contribution in [0.5, 0.6) is 0 Å². The highest BCUT2D eigenvalue weighted by Gasteiger charge is 2.39. The molecule has 132 valence electrons. The minimum atomic E-state index is -4.79. The van der Waals surface area contributed by atoms with Gasteiger partial charge in [0.1, 0.15) is 21.7 Å². The summed E-state index contributed by atoms with van der Waals surface area (Å²) in [6.45, 7) is 0. The molecule has 0 bridgehead atoms. The zero-order valence-corrected chi connectivity index (χ0v) is 13.9. The average Bonchev–Trinajstić information content (AvgIpc) is 2.73. The topological polar surface area (TPSA) is 32.8 Å². The van der Waals surface area contributed by atoms with Crippen LogP contribution in [-0.2, 0) is 12.4 Å². The predicted octanol–water partition coefficient (Wildman–Crippen LogP) is 5.92. The molecule has 0 fully saturated rings. The van der Waals surface area contributed by atoms with Gasteiger partial charge < -0.3 is 5.32 Å². The molecule has 0 aliphatic rings. The van der Waals surface area contributed by atoms with E-state index in [1.54, 1.807) is 0 Å².